The lowest BCUT2D eigenvalue weighted by molar-refractivity contribution is 0.0588. The monoisotopic (exact) mass is 495 g/mol. The van der Waals surface area contributed by atoms with Crippen LogP contribution < -0.4 is 11.5 Å². The number of urea groups is 1. The van der Waals surface area contributed by atoms with E-state index < -0.39 is 6.03 Å². The van der Waals surface area contributed by atoms with E-state index in [4.69, 9.17) is 27.8 Å². The first-order valence-electron chi connectivity index (χ1n) is 13.1. The van der Waals surface area contributed by atoms with Gasteiger partial charge in [0.05, 0.1) is 5.02 Å². The smallest absolute Gasteiger partial charge is 0.314 e. The normalized spacial score (nSPS) is 23.6. The maximum absolute atomic E-state index is 15.4. The molecule has 7 heteroatoms. The predicted molar refractivity (Wildman–Crippen MR) is 136 cm³/mol. The van der Waals surface area contributed by atoms with Crippen LogP contribution in [0.2, 0.25) is 5.02 Å². The van der Waals surface area contributed by atoms with Crippen molar-refractivity contribution in [1.82, 2.24) is 4.90 Å². The highest BCUT2D eigenvalue weighted by Crippen LogP contribution is 2.50. The number of carbonyl (C=O) groups excluding carboxylic acids is 1. The molecule has 0 unspecified atom stereocenters. The molecule has 2 amide bonds. The van der Waals surface area contributed by atoms with E-state index in [9.17, 15) is 4.79 Å². The Morgan fingerprint density at radius 1 is 1.26 bits per heavy atom. The topological polar surface area (TPSA) is 81.6 Å². The van der Waals surface area contributed by atoms with Crippen LogP contribution in [0.15, 0.2) is 18.2 Å². The molecule has 1 aromatic rings. The zero-order chi connectivity index (χ0) is 24.6. The Kier molecular flexibility index (Phi) is 10.5. The number of methoxy groups -OCH3 is 1. The molecule has 1 aromatic carbocycles. The van der Waals surface area contributed by atoms with Crippen LogP contribution in [0.4, 0.5) is 9.18 Å². The number of ether oxygens (including phenoxy) is 1. The first-order chi connectivity index (χ1) is 16.4. The lowest BCUT2D eigenvalue weighted by atomic mass is 9.62. The molecule has 3 atom stereocenters. The summed E-state index contributed by atoms with van der Waals surface area (Å²) in [6.07, 6.45) is 12.5. The fourth-order valence-electron chi connectivity index (χ4n) is 6.57. The van der Waals surface area contributed by atoms with Gasteiger partial charge in [-0.3, -0.25) is 0 Å². The van der Waals surface area contributed by atoms with E-state index in [1.54, 1.807) is 18.1 Å². The molecule has 5 nitrogen and oxygen atoms in total. The highest BCUT2D eigenvalue weighted by Gasteiger charge is 2.45. The number of likely N-dealkylation sites (tertiary alicyclic amines) is 1. The lowest BCUT2D eigenvalue weighted by Crippen LogP contribution is -2.52. The van der Waals surface area contributed by atoms with Crippen molar-refractivity contribution in [3.8, 4) is 0 Å². The molecule has 2 fully saturated rings. The zero-order valence-corrected chi connectivity index (χ0v) is 21.5. The van der Waals surface area contributed by atoms with Crippen LogP contribution in [-0.2, 0) is 4.74 Å². The number of benzene rings is 1. The van der Waals surface area contributed by atoms with Crippen LogP contribution in [0, 0.1) is 17.2 Å². The summed E-state index contributed by atoms with van der Waals surface area (Å²) in [6, 6.07) is 4.89. The molecular weight excluding hydrogens is 453 g/mol. The van der Waals surface area contributed by atoms with Gasteiger partial charge in [-0.2, -0.15) is 0 Å². The Balaban J connectivity index is 1.93. The molecular formula is C27H43ClFN3O2. The molecule has 0 radical (unpaired) electrons. The number of unbranched alkanes of at least 4 members (excludes halogenated alkanes) is 1. The minimum atomic E-state index is -0.408. The average Bonchev–Trinajstić information content (AvgIpc) is 2.82. The minimum absolute atomic E-state index is 0.0136. The highest BCUT2D eigenvalue weighted by atomic mass is 35.5. The summed E-state index contributed by atoms with van der Waals surface area (Å²) in [5.41, 5.74) is 12.9. The van der Waals surface area contributed by atoms with E-state index in [2.05, 4.69) is 0 Å². The van der Waals surface area contributed by atoms with Gasteiger partial charge in [0.25, 0.3) is 0 Å². The summed E-state index contributed by atoms with van der Waals surface area (Å²) in [6.45, 7) is 1.83. The van der Waals surface area contributed by atoms with Crippen molar-refractivity contribution in [2.75, 3.05) is 26.8 Å². The second-order valence-corrected chi connectivity index (χ2v) is 11.0. The summed E-state index contributed by atoms with van der Waals surface area (Å²) in [4.78, 5) is 14.0. The number of nitrogens with two attached hydrogens (primary N) is 2. The summed E-state index contributed by atoms with van der Waals surface area (Å²) < 4.78 is 20.7. The van der Waals surface area contributed by atoms with Crippen LogP contribution in [0.25, 0.3) is 0 Å². The first-order valence-corrected chi connectivity index (χ1v) is 13.5. The second-order valence-electron chi connectivity index (χ2n) is 10.6. The summed E-state index contributed by atoms with van der Waals surface area (Å²) in [7, 11) is 1.70. The van der Waals surface area contributed by atoms with Crippen molar-refractivity contribution in [2.24, 2.45) is 22.8 Å². The molecule has 0 bridgehead atoms. The predicted octanol–water partition coefficient (Wildman–Crippen LogP) is 6.23. The van der Waals surface area contributed by atoms with Gasteiger partial charge in [-0.05, 0) is 67.4 Å². The third-order valence-corrected chi connectivity index (χ3v) is 8.43. The van der Waals surface area contributed by atoms with Gasteiger partial charge in [0, 0.05) is 32.8 Å². The van der Waals surface area contributed by atoms with Crippen molar-refractivity contribution in [1.29, 1.82) is 0 Å². The molecule has 34 heavy (non-hydrogen) atoms. The van der Waals surface area contributed by atoms with E-state index >= 15 is 4.39 Å². The van der Waals surface area contributed by atoms with E-state index in [1.807, 2.05) is 12.1 Å². The van der Waals surface area contributed by atoms with Crippen molar-refractivity contribution < 1.29 is 13.9 Å². The maximum atomic E-state index is 15.4. The molecule has 1 saturated heterocycles. The first kappa shape index (κ1) is 27.2. The van der Waals surface area contributed by atoms with E-state index in [0.29, 0.717) is 31.2 Å². The van der Waals surface area contributed by atoms with Gasteiger partial charge in [0.2, 0.25) is 0 Å². The number of halogens is 2. The number of rotatable bonds is 11. The Labute approximate surface area is 209 Å². The number of hydrogen-bond donors (Lipinski definition) is 2. The molecule has 3 rings (SSSR count). The molecule has 0 spiro atoms. The quantitative estimate of drug-likeness (QED) is 0.357. The average molecular weight is 496 g/mol. The van der Waals surface area contributed by atoms with Crippen LogP contribution in [0.3, 0.4) is 0 Å². The molecule has 0 aromatic heterocycles. The van der Waals surface area contributed by atoms with Crippen LogP contribution in [0.1, 0.15) is 88.5 Å². The minimum Gasteiger partial charge on any atom is -0.385 e. The van der Waals surface area contributed by atoms with Crippen molar-refractivity contribution in [3.05, 3.63) is 34.6 Å². The van der Waals surface area contributed by atoms with Gasteiger partial charge >= 0.3 is 6.03 Å². The molecule has 192 valence electrons. The number of primary amides is 1. The fourth-order valence-corrected chi connectivity index (χ4v) is 6.76. The van der Waals surface area contributed by atoms with Crippen LogP contribution in [-0.4, -0.2) is 43.8 Å². The van der Waals surface area contributed by atoms with Crippen LogP contribution in [0.5, 0.6) is 0 Å². The Hall–Kier alpha value is -1.37. The maximum Gasteiger partial charge on any atom is 0.314 e. The second kappa shape index (κ2) is 13.1. The van der Waals surface area contributed by atoms with E-state index in [-0.39, 0.29) is 28.2 Å². The number of hydrogen-bond acceptors (Lipinski definition) is 3. The van der Waals surface area contributed by atoms with Gasteiger partial charge in [-0.25, -0.2) is 9.18 Å². The fraction of sp³-hybridized carbons (Fsp3) is 0.741. The van der Waals surface area contributed by atoms with Crippen molar-refractivity contribution in [3.63, 3.8) is 0 Å². The highest BCUT2D eigenvalue weighted by molar-refractivity contribution is 6.30. The lowest BCUT2D eigenvalue weighted by Gasteiger charge is -2.49. The zero-order valence-electron chi connectivity index (χ0n) is 20.7. The van der Waals surface area contributed by atoms with Gasteiger partial charge in [0.1, 0.15) is 5.82 Å². The number of piperidine rings is 1. The Morgan fingerprint density at radius 2 is 2.03 bits per heavy atom. The van der Waals surface area contributed by atoms with E-state index in [0.717, 1.165) is 44.9 Å². The Morgan fingerprint density at radius 3 is 2.74 bits per heavy atom. The number of amides is 2. The summed E-state index contributed by atoms with van der Waals surface area (Å²) >= 11 is 6.24. The molecule has 1 heterocycles. The van der Waals surface area contributed by atoms with Crippen molar-refractivity contribution >= 4 is 17.6 Å². The number of nitrogens with zero attached hydrogens (tertiary/aromatic N) is 1. The molecule has 1 aliphatic heterocycles. The SMILES string of the molecule is COCCCC[C@@H](c1cccc(Cl)c1F)[C@@]1(C[C@@H](N)CC2CCCCC2)CCCN(C(N)=O)C1. The number of carbonyl (C=O) groups is 1. The summed E-state index contributed by atoms with van der Waals surface area (Å²) in [5, 5.41) is 0.142. The van der Waals surface area contributed by atoms with Gasteiger partial charge in [-0.1, -0.05) is 62.3 Å². The third-order valence-electron chi connectivity index (χ3n) is 8.14. The van der Waals surface area contributed by atoms with Crippen molar-refractivity contribution in [2.45, 2.75) is 89.0 Å². The van der Waals surface area contributed by atoms with E-state index in [1.165, 1.54) is 32.1 Å². The van der Waals surface area contributed by atoms with Gasteiger partial charge < -0.3 is 21.1 Å². The standard InChI is InChI=1S/C27H43ClFN3O2/c1-34-16-6-5-12-23(22-11-7-13-24(28)25(22)29)27(14-8-15-32(19-27)26(31)33)18-21(30)17-20-9-3-2-4-10-20/h7,11,13,20-21,23H,2-6,8-10,12,14-19,30H2,1H3,(H2,31,33)/t21-,23-,27+/m0/s1. The molecule has 2 aliphatic rings. The molecule has 1 aliphatic carbocycles. The Bertz CT molecular complexity index is 789. The molecule has 4 N–H and O–H groups in total. The largest absolute Gasteiger partial charge is 0.385 e. The van der Waals surface area contributed by atoms with Crippen LogP contribution >= 0.6 is 11.6 Å². The summed E-state index contributed by atoms with van der Waals surface area (Å²) in [5.74, 6) is 0.222. The molecule has 1 saturated carbocycles. The third kappa shape index (κ3) is 7.08. The van der Waals surface area contributed by atoms with Gasteiger partial charge in [0.15, 0.2) is 0 Å². The van der Waals surface area contributed by atoms with Gasteiger partial charge in [-0.15, -0.1) is 0 Å².